The van der Waals surface area contributed by atoms with Gasteiger partial charge in [0.15, 0.2) is 0 Å². The number of carbonyl (C=O) groups is 1. The Morgan fingerprint density at radius 3 is 2.15 bits per heavy atom. The van der Waals surface area contributed by atoms with Gasteiger partial charge in [0.2, 0.25) is 0 Å². The molecule has 0 aromatic carbocycles. The molecule has 0 radical (unpaired) electrons. The lowest BCUT2D eigenvalue weighted by atomic mass is 9.95. The summed E-state index contributed by atoms with van der Waals surface area (Å²) < 4.78 is 17.4. The van der Waals surface area contributed by atoms with Gasteiger partial charge < -0.3 is 13.3 Å². The Hall–Kier alpha value is -0.653. The molecule has 118 valence electrons. The number of rotatable bonds is 10. The van der Waals surface area contributed by atoms with E-state index in [-0.39, 0.29) is 5.60 Å². The van der Waals surface area contributed by atoms with Crippen LogP contribution in [-0.4, -0.2) is 27.0 Å². The van der Waals surface area contributed by atoms with Crippen LogP contribution < -0.4 is 0 Å². The molecule has 0 aliphatic rings. The maximum Gasteiger partial charge on any atom is 0.565 e. The van der Waals surface area contributed by atoms with Crippen molar-refractivity contribution in [1.82, 2.24) is 0 Å². The maximum atomic E-state index is 11.7. The second-order valence-electron chi connectivity index (χ2n) is 5.27. The molecule has 0 aromatic heterocycles. The molecule has 0 saturated heterocycles. The number of hydrogen-bond acceptors (Lipinski definition) is 4. The topological polar surface area (TPSA) is 44.8 Å². The Morgan fingerprint density at radius 1 is 1.20 bits per heavy atom. The van der Waals surface area contributed by atoms with Crippen molar-refractivity contribution >= 4 is 14.8 Å². The summed E-state index contributed by atoms with van der Waals surface area (Å²) in [5.74, 6) is -0.398. The van der Waals surface area contributed by atoms with E-state index >= 15 is 0 Å². The second-order valence-corrected chi connectivity index (χ2v) is 7.69. The second kappa shape index (κ2) is 9.31. The highest BCUT2D eigenvalue weighted by Gasteiger charge is 2.44. The van der Waals surface area contributed by atoms with E-state index in [1.807, 2.05) is 6.92 Å². The maximum absolute atomic E-state index is 11.7. The van der Waals surface area contributed by atoms with Gasteiger partial charge >= 0.3 is 14.8 Å². The van der Waals surface area contributed by atoms with Crippen molar-refractivity contribution < 1.29 is 18.1 Å². The van der Waals surface area contributed by atoms with Gasteiger partial charge in [0, 0.05) is 19.2 Å². The van der Waals surface area contributed by atoms with Crippen molar-refractivity contribution in [3.63, 3.8) is 0 Å². The number of hydrogen-bond donors (Lipinski definition) is 0. The Morgan fingerprint density at radius 2 is 1.75 bits per heavy atom. The minimum absolute atomic E-state index is 0.296. The molecule has 0 fully saturated rings. The zero-order valence-electron chi connectivity index (χ0n) is 13.8. The first-order chi connectivity index (χ1) is 9.34. The summed E-state index contributed by atoms with van der Waals surface area (Å²) in [6, 6.07) is 0. The summed E-state index contributed by atoms with van der Waals surface area (Å²) in [4.78, 5) is 11.7. The molecule has 20 heavy (non-hydrogen) atoms. The van der Waals surface area contributed by atoms with Gasteiger partial charge in [0.25, 0.3) is 0 Å². The van der Waals surface area contributed by atoms with Crippen molar-refractivity contribution in [3.8, 4) is 0 Å². The highest BCUT2D eigenvalue weighted by Crippen LogP contribution is 2.29. The average molecular weight is 302 g/mol. The van der Waals surface area contributed by atoms with Crippen LogP contribution in [0, 0.1) is 0 Å². The molecule has 0 saturated carbocycles. The number of allylic oxidation sites excluding steroid dienone is 1. The summed E-state index contributed by atoms with van der Waals surface area (Å²) >= 11 is 0. The first-order valence-electron chi connectivity index (χ1n) is 7.54. The van der Waals surface area contributed by atoms with Gasteiger partial charge in [-0.15, -0.1) is 0 Å². The largest absolute Gasteiger partial charge is 0.565 e. The molecule has 1 unspecified atom stereocenters. The fourth-order valence-corrected chi connectivity index (χ4v) is 4.64. The predicted molar refractivity (Wildman–Crippen MR) is 83.5 cm³/mol. The fourth-order valence-electron chi connectivity index (χ4n) is 2.43. The van der Waals surface area contributed by atoms with Crippen LogP contribution in [0.4, 0.5) is 0 Å². The van der Waals surface area contributed by atoms with E-state index in [9.17, 15) is 4.79 Å². The Balaban J connectivity index is 4.98. The number of carbonyl (C=O) groups excluding carboxylic acids is 1. The van der Waals surface area contributed by atoms with Crippen LogP contribution in [0.25, 0.3) is 0 Å². The third-order valence-corrected chi connectivity index (χ3v) is 5.23. The first-order valence-corrected chi connectivity index (χ1v) is 9.77. The van der Waals surface area contributed by atoms with Gasteiger partial charge in [0.1, 0.15) is 0 Å². The van der Waals surface area contributed by atoms with Crippen LogP contribution in [-0.2, 0) is 18.1 Å². The molecule has 0 aliphatic carbocycles. The van der Waals surface area contributed by atoms with Gasteiger partial charge in [-0.05, 0) is 33.6 Å². The van der Waals surface area contributed by atoms with Crippen molar-refractivity contribution in [2.24, 2.45) is 0 Å². The molecular formula is C15H30O4Si. The fraction of sp³-hybridized carbons (Fsp3) is 0.800. The monoisotopic (exact) mass is 302 g/mol. The molecule has 0 rings (SSSR count). The normalized spacial score (nSPS) is 15.3. The van der Waals surface area contributed by atoms with E-state index in [0.29, 0.717) is 6.61 Å². The van der Waals surface area contributed by atoms with Gasteiger partial charge in [-0.2, -0.15) is 0 Å². The van der Waals surface area contributed by atoms with Crippen LogP contribution in [0.15, 0.2) is 12.2 Å². The smallest absolute Gasteiger partial charge is 0.470 e. The van der Waals surface area contributed by atoms with Gasteiger partial charge in [-0.25, -0.2) is 4.79 Å². The minimum Gasteiger partial charge on any atom is -0.470 e. The molecule has 4 nitrogen and oxygen atoms in total. The summed E-state index contributed by atoms with van der Waals surface area (Å²) in [5, 5.41) is 0. The molecule has 0 heterocycles. The van der Waals surface area contributed by atoms with Crippen molar-refractivity contribution in [2.75, 3.05) is 6.61 Å². The summed E-state index contributed by atoms with van der Waals surface area (Å²) in [5.41, 5.74) is -0.296. The molecule has 0 N–H and O–H groups in total. The van der Waals surface area contributed by atoms with E-state index in [4.69, 9.17) is 13.3 Å². The third kappa shape index (κ3) is 7.22. The Labute approximate surface area is 124 Å². The van der Waals surface area contributed by atoms with Crippen molar-refractivity contribution in [3.05, 3.63) is 12.2 Å². The molecule has 0 amide bonds. The van der Waals surface area contributed by atoms with E-state index in [2.05, 4.69) is 20.8 Å². The standard InChI is InChI=1S/C15H30O4Si/c1-7-11-14(16)18-20(6,17-10-4)19-15(5,12-8-2)13-9-3/h7,11H,8-10,12-13H2,1-6H3. The molecule has 0 bridgehead atoms. The van der Waals surface area contributed by atoms with Crippen molar-refractivity contribution in [1.29, 1.82) is 0 Å². The zero-order chi connectivity index (χ0) is 15.6. The van der Waals surface area contributed by atoms with Crippen LogP contribution in [0.3, 0.4) is 0 Å². The van der Waals surface area contributed by atoms with Gasteiger partial charge in [-0.3, -0.25) is 0 Å². The quantitative estimate of drug-likeness (QED) is 0.450. The van der Waals surface area contributed by atoms with E-state index in [0.717, 1.165) is 25.7 Å². The van der Waals surface area contributed by atoms with Gasteiger partial charge in [0.05, 0.1) is 5.60 Å². The predicted octanol–water partition coefficient (Wildman–Crippen LogP) is 4.09. The Bertz CT molecular complexity index is 311. The Kier molecular flexibility index (Phi) is 9.01. The van der Waals surface area contributed by atoms with Crippen molar-refractivity contribution in [2.45, 2.75) is 72.5 Å². The highest BCUT2D eigenvalue weighted by atomic mass is 28.4. The molecular weight excluding hydrogens is 272 g/mol. The first kappa shape index (κ1) is 19.3. The van der Waals surface area contributed by atoms with E-state index < -0.39 is 14.8 Å². The lowest BCUT2D eigenvalue weighted by Gasteiger charge is -2.37. The third-order valence-electron chi connectivity index (χ3n) is 2.98. The summed E-state index contributed by atoms with van der Waals surface area (Å²) in [7, 11) is -2.96. The zero-order valence-corrected chi connectivity index (χ0v) is 14.8. The molecule has 0 aromatic rings. The van der Waals surface area contributed by atoms with E-state index in [1.165, 1.54) is 6.08 Å². The van der Waals surface area contributed by atoms with Crippen LogP contribution >= 0.6 is 0 Å². The molecule has 1 atom stereocenters. The van der Waals surface area contributed by atoms with Crippen LogP contribution in [0.1, 0.15) is 60.3 Å². The molecule has 5 heteroatoms. The summed E-state index contributed by atoms with van der Waals surface area (Å²) in [6.07, 6.45) is 6.95. The lowest BCUT2D eigenvalue weighted by Crippen LogP contribution is -2.50. The van der Waals surface area contributed by atoms with Gasteiger partial charge in [-0.1, -0.05) is 32.8 Å². The SMILES string of the molecule is CC=CC(=O)O[Si](C)(OCC)OC(C)(CCC)CCC. The highest BCUT2D eigenvalue weighted by molar-refractivity contribution is 6.61. The summed E-state index contributed by atoms with van der Waals surface area (Å²) in [6.45, 7) is 12.3. The van der Waals surface area contributed by atoms with E-state index in [1.54, 1.807) is 19.5 Å². The minimum atomic E-state index is -2.96. The lowest BCUT2D eigenvalue weighted by molar-refractivity contribution is -0.135. The average Bonchev–Trinajstić information content (AvgIpc) is 2.28. The van der Waals surface area contributed by atoms with Crippen LogP contribution in [0.2, 0.25) is 6.55 Å². The van der Waals surface area contributed by atoms with Crippen LogP contribution in [0.5, 0.6) is 0 Å². The molecule has 0 spiro atoms. The molecule has 0 aliphatic heterocycles.